The molecule has 0 saturated carbocycles. The Morgan fingerprint density at radius 1 is 1.42 bits per heavy atom. The molecule has 0 unspecified atom stereocenters. The number of hydrogen-bond acceptors (Lipinski definition) is 6. The first kappa shape index (κ1) is 18.7. The second-order valence-corrected chi connectivity index (χ2v) is 7.26. The quantitative estimate of drug-likeness (QED) is 0.717. The van der Waals surface area contributed by atoms with Crippen LogP contribution in [-0.4, -0.2) is 46.6 Å². The third kappa shape index (κ3) is 4.56. The van der Waals surface area contributed by atoms with Crippen molar-refractivity contribution in [2.75, 3.05) is 26.0 Å². The summed E-state index contributed by atoms with van der Waals surface area (Å²) in [6, 6.07) is 7.67. The topological polar surface area (TPSA) is 81.1 Å². The van der Waals surface area contributed by atoms with Crippen LogP contribution in [0.25, 0.3) is 0 Å². The Labute approximate surface area is 157 Å². The lowest BCUT2D eigenvalue weighted by Gasteiger charge is -2.21. The van der Waals surface area contributed by atoms with Crippen LogP contribution in [0.2, 0.25) is 0 Å². The van der Waals surface area contributed by atoms with E-state index < -0.39 is 0 Å². The van der Waals surface area contributed by atoms with Gasteiger partial charge in [0.1, 0.15) is 11.6 Å². The molecule has 0 spiro atoms. The van der Waals surface area contributed by atoms with Crippen LogP contribution in [0.5, 0.6) is 5.75 Å². The number of methoxy groups -OCH3 is 1. The number of rotatable bonds is 7. The van der Waals surface area contributed by atoms with Crippen LogP contribution in [0.15, 0.2) is 29.4 Å². The second-order valence-electron chi connectivity index (χ2n) is 6.32. The molecule has 140 valence electrons. The second kappa shape index (κ2) is 9.05. The van der Waals surface area contributed by atoms with Gasteiger partial charge < -0.3 is 19.9 Å². The highest BCUT2D eigenvalue weighted by Gasteiger charge is 2.22. The van der Waals surface area contributed by atoms with Crippen molar-refractivity contribution < 1.29 is 9.53 Å². The van der Waals surface area contributed by atoms with Gasteiger partial charge in [0, 0.05) is 31.6 Å². The highest BCUT2D eigenvalue weighted by Crippen LogP contribution is 2.24. The lowest BCUT2D eigenvalue weighted by molar-refractivity contribution is -0.118. The number of ether oxygens (including phenoxy) is 1. The molecule has 0 aliphatic carbocycles. The summed E-state index contributed by atoms with van der Waals surface area (Å²) in [6.45, 7) is 2.46. The van der Waals surface area contributed by atoms with E-state index in [-0.39, 0.29) is 5.91 Å². The Kier molecular flexibility index (Phi) is 6.51. The number of nitrogens with one attached hydrogen (secondary N) is 2. The van der Waals surface area contributed by atoms with E-state index >= 15 is 0 Å². The molecule has 1 amide bonds. The lowest BCUT2D eigenvalue weighted by atomic mass is 9.99. The van der Waals surface area contributed by atoms with Crippen LogP contribution in [0.4, 0.5) is 0 Å². The zero-order valence-electron chi connectivity index (χ0n) is 15.2. The van der Waals surface area contributed by atoms with E-state index in [0.29, 0.717) is 18.2 Å². The predicted molar refractivity (Wildman–Crippen MR) is 101 cm³/mol. The van der Waals surface area contributed by atoms with Gasteiger partial charge in [-0.25, -0.2) is 0 Å². The number of benzene rings is 1. The van der Waals surface area contributed by atoms with Crippen LogP contribution < -0.4 is 15.4 Å². The number of carbonyl (C=O) groups is 1. The Hall–Kier alpha value is -2.06. The van der Waals surface area contributed by atoms with Gasteiger partial charge in [0.15, 0.2) is 5.16 Å². The fraction of sp³-hybridized carbons (Fsp3) is 0.500. The molecule has 1 saturated heterocycles. The Morgan fingerprint density at radius 2 is 2.27 bits per heavy atom. The zero-order valence-corrected chi connectivity index (χ0v) is 16.0. The first-order valence-electron chi connectivity index (χ1n) is 8.80. The SMILES string of the molecule is COc1ccccc1CNC(=O)CSc1nnc([C@@H]2CCCNC2)n1C. The number of piperidine rings is 1. The minimum absolute atomic E-state index is 0.0372. The van der Waals surface area contributed by atoms with Gasteiger partial charge in [0.25, 0.3) is 0 Å². The van der Waals surface area contributed by atoms with E-state index in [1.54, 1.807) is 7.11 Å². The normalized spacial score (nSPS) is 17.1. The van der Waals surface area contributed by atoms with Crippen molar-refractivity contribution >= 4 is 17.7 Å². The average Bonchev–Trinajstić information content (AvgIpc) is 3.06. The van der Waals surface area contributed by atoms with E-state index in [1.165, 1.54) is 11.8 Å². The van der Waals surface area contributed by atoms with E-state index in [4.69, 9.17) is 4.74 Å². The van der Waals surface area contributed by atoms with Crippen molar-refractivity contribution in [2.24, 2.45) is 7.05 Å². The molecule has 1 aliphatic heterocycles. The molecule has 26 heavy (non-hydrogen) atoms. The standard InChI is InChI=1S/C18H25N5O2S/c1-23-17(14-7-5-9-19-10-14)21-22-18(23)26-12-16(24)20-11-13-6-3-4-8-15(13)25-2/h3-4,6,8,14,19H,5,7,9-12H2,1-2H3,(H,20,24)/t14-/m1/s1. The molecule has 1 aliphatic rings. The van der Waals surface area contributed by atoms with Gasteiger partial charge in [-0.05, 0) is 25.5 Å². The summed E-state index contributed by atoms with van der Waals surface area (Å²) in [5.41, 5.74) is 0.957. The summed E-state index contributed by atoms with van der Waals surface area (Å²) >= 11 is 1.41. The highest BCUT2D eigenvalue weighted by atomic mass is 32.2. The molecular weight excluding hydrogens is 350 g/mol. The molecule has 1 aromatic heterocycles. The smallest absolute Gasteiger partial charge is 0.230 e. The highest BCUT2D eigenvalue weighted by molar-refractivity contribution is 7.99. The maximum atomic E-state index is 12.2. The summed E-state index contributed by atoms with van der Waals surface area (Å²) in [4.78, 5) is 12.2. The van der Waals surface area contributed by atoms with Crippen molar-refractivity contribution in [1.29, 1.82) is 0 Å². The maximum Gasteiger partial charge on any atom is 0.230 e. The molecule has 1 aromatic carbocycles. The number of hydrogen-bond donors (Lipinski definition) is 2. The molecule has 8 heteroatoms. The summed E-state index contributed by atoms with van der Waals surface area (Å²) in [7, 11) is 3.60. The van der Waals surface area contributed by atoms with Crippen molar-refractivity contribution in [3.05, 3.63) is 35.7 Å². The predicted octanol–water partition coefficient (Wildman–Crippen LogP) is 1.70. The lowest BCUT2D eigenvalue weighted by Crippen LogP contribution is -2.29. The first-order valence-corrected chi connectivity index (χ1v) is 9.79. The van der Waals surface area contributed by atoms with Gasteiger partial charge in [-0.2, -0.15) is 0 Å². The minimum atomic E-state index is -0.0372. The van der Waals surface area contributed by atoms with E-state index in [9.17, 15) is 4.79 Å². The van der Waals surface area contributed by atoms with Crippen LogP contribution in [0.3, 0.4) is 0 Å². The number of nitrogens with zero attached hydrogens (tertiary/aromatic N) is 3. The number of para-hydroxylation sites is 1. The number of thioether (sulfide) groups is 1. The fourth-order valence-electron chi connectivity index (χ4n) is 3.10. The van der Waals surface area contributed by atoms with Gasteiger partial charge >= 0.3 is 0 Å². The van der Waals surface area contributed by atoms with Crippen molar-refractivity contribution in [3.63, 3.8) is 0 Å². The Balaban J connectivity index is 1.51. The monoisotopic (exact) mass is 375 g/mol. The third-order valence-electron chi connectivity index (χ3n) is 4.53. The molecule has 1 atom stereocenters. The first-order chi connectivity index (χ1) is 12.7. The summed E-state index contributed by atoms with van der Waals surface area (Å²) in [5.74, 6) is 2.44. The van der Waals surface area contributed by atoms with Crippen molar-refractivity contribution in [2.45, 2.75) is 30.5 Å². The van der Waals surface area contributed by atoms with Crippen LogP contribution in [-0.2, 0) is 18.4 Å². The van der Waals surface area contributed by atoms with Gasteiger partial charge in [-0.1, -0.05) is 30.0 Å². The molecule has 2 aromatic rings. The molecule has 3 rings (SSSR count). The summed E-state index contributed by atoms with van der Waals surface area (Å²) in [5, 5.41) is 15.7. The molecule has 0 radical (unpaired) electrons. The Morgan fingerprint density at radius 3 is 3.04 bits per heavy atom. The zero-order chi connectivity index (χ0) is 18.4. The average molecular weight is 375 g/mol. The third-order valence-corrected chi connectivity index (χ3v) is 5.55. The summed E-state index contributed by atoms with van der Waals surface area (Å²) in [6.07, 6.45) is 2.29. The fourth-order valence-corrected chi connectivity index (χ4v) is 3.85. The van der Waals surface area contributed by atoms with E-state index in [2.05, 4.69) is 20.8 Å². The number of aromatic nitrogens is 3. The van der Waals surface area contributed by atoms with Crippen LogP contribution in [0, 0.1) is 0 Å². The summed E-state index contributed by atoms with van der Waals surface area (Å²) < 4.78 is 7.31. The van der Waals surface area contributed by atoms with Gasteiger partial charge in [0.2, 0.25) is 5.91 Å². The van der Waals surface area contributed by atoms with E-state index in [0.717, 1.165) is 48.2 Å². The molecule has 2 N–H and O–H groups in total. The molecule has 2 heterocycles. The van der Waals surface area contributed by atoms with Gasteiger partial charge in [0.05, 0.1) is 12.9 Å². The van der Waals surface area contributed by atoms with Crippen molar-refractivity contribution in [1.82, 2.24) is 25.4 Å². The van der Waals surface area contributed by atoms with Crippen molar-refractivity contribution in [3.8, 4) is 5.75 Å². The molecule has 1 fully saturated rings. The van der Waals surface area contributed by atoms with Gasteiger partial charge in [-0.15, -0.1) is 10.2 Å². The largest absolute Gasteiger partial charge is 0.496 e. The van der Waals surface area contributed by atoms with Crippen LogP contribution >= 0.6 is 11.8 Å². The van der Waals surface area contributed by atoms with E-state index in [1.807, 2.05) is 35.9 Å². The molecule has 7 nitrogen and oxygen atoms in total. The van der Waals surface area contributed by atoms with Gasteiger partial charge in [-0.3, -0.25) is 4.79 Å². The molecule has 0 bridgehead atoms. The van der Waals surface area contributed by atoms with Crippen LogP contribution in [0.1, 0.15) is 30.1 Å². The minimum Gasteiger partial charge on any atom is -0.496 e. The maximum absolute atomic E-state index is 12.2. The number of amides is 1. The number of carbonyl (C=O) groups excluding carboxylic acids is 1. The Bertz CT molecular complexity index is 743. The molecular formula is C18H25N5O2S.